The first kappa shape index (κ1) is 10.9. The monoisotopic (exact) mass is 294 g/mol. The van der Waals surface area contributed by atoms with Crippen LogP contribution < -0.4 is 0 Å². The van der Waals surface area contributed by atoms with Gasteiger partial charge in [0.15, 0.2) is 0 Å². The van der Waals surface area contributed by atoms with Crippen molar-refractivity contribution in [2.75, 3.05) is 13.2 Å². The molecule has 0 spiro atoms. The van der Waals surface area contributed by atoms with E-state index in [1.807, 2.05) is 16.9 Å². The summed E-state index contributed by atoms with van der Waals surface area (Å²) >= 11 is 3.40. The van der Waals surface area contributed by atoms with Crippen LogP contribution >= 0.6 is 15.9 Å². The van der Waals surface area contributed by atoms with Gasteiger partial charge in [0.05, 0.1) is 18.8 Å². The lowest BCUT2D eigenvalue weighted by Gasteiger charge is -2.05. The predicted octanol–water partition coefficient (Wildman–Crippen LogP) is 2.06. The van der Waals surface area contributed by atoms with Crippen LogP contribution in [0, 0.1) is 0 Å². The van der Waals surface area contributed by atoms with Gasteiger partial charge in [0.1, 0.15) is 5.69 Å². The first-order valence-corrected chi connectivity index (χ1v) is 6.23. The maximum Gasteiger partial charge on any atom is 0.114 e. The summed E-state index contributed by atoms with van der Waals surface area (Å²) in [5, 5.41) is 8.32. The van der Waals surface area contributed by atoms with Gasteiger partial charge in [0.2, 0.25) is 0 Å². The van der Waals surface area contributed by atoms with Crippen LogP contribution in [0.25, 0.3) is 11.3 Å². The van der Waals surface area contributed by atoms with Crippen molar-refractivity contribution in [1.82, 2.24) is 20.0 Å². The van der Waals surface area contributed by atoms with Gasteiger partial charge in [-0.2, -0.15) is 0 Å². The minimum absolute atomic E-state index is 0.316. The fourth-order valence-corrected chi connectivity index (χ4v) is 2.23. The molecule has 6 heteroatoms. The average Bonchev–Trinajstić information content (AvgIpc) is 3.00. The molecule has 1 saturated heterocycles. The first-order chi connectivity index (χ1) is 8.33. The zero-order chi connectivity index (χ0) is 11.7. The summed E-state index contributed by atoms with van der Waals surface area (Å²) in [5.74, 6) is 0. The number of pyridine rings is 1. The van der Waals surface area contributed by atoms with Gasteiger partial charge in [-0.15, -0.1) is 5.10 Å². The summed E-state index contributed by atoms with van der Waals surface area (Å²) in [6, 6.07) is 2.29. The summed E-state index contributed by atoms with van der Waals surface area (Å²) in [4.78, 5) is 4.12. The van der Waals surface area contributed by atoms with Crippen molar-refractivity contribution in [3.05, 3.63) is 29.1 Å². The molecule has 1 unspecified atom stereocenters. The van der Waals surface area contributed by atoms with Gasteiger partial charge in [-0.1, -0.05) is 5.21 Å². The van der Waals surface area contributed by atoms with E-state index in [1.54, 1.807) is 12.4 Å². The highest BCUT2D eigenvalue weighted by Gasteiger charge is 2.19. The molecule has 0 aliphatic carbocycles. The van der Waals surface area contributed by atoms with E-state index in [0.29, 0.717) is 6.04 Å². The van der Waals surface area contributed by atoms with Crippen molar-refractivity contribution in [1.29, 1.82) is 0 Å². The molecule has 17 heavy (non-hydrogen) atoms. The van der Waals surface area contributed by atoms with Crippen molar-refractivity contribution in [3.8, 4) is 11.3 Å². The van der Waals surface area contributed by atoms with E-state index in [-0.39, 0.29) is 0 Å². The summed E-state index contributed by atoms with van der Waals surface area (Å²) in [7, 11) is 0. The van der Waals surface area contributed by atoms with Gasteiger partial charge in [-0.05, 0) is 28.4 Å². The molecule has 0 saturated carbocycles. The van der Waals surface area contributed by atoms with Crippen LogP contribution in [0.3, 0.4) is 0 Å². The van der Waals surface area contributed by atoms with Crippen LogP contribution in [0.1, 0.15) is 12.5 Å². The summed E-state index contributed by atoms with van der Waals surface area (Å²) in [5.41, 5.74) is 1.80. The van der Waals surface area contributed by atoms with E-state index in [2.05, 4.69) is 31.2 Å². The summed E-state index contributed by atoms with van der Waals surface area (Å²) < 4.78 is 8.15. The van der Waals surface area contributed by atoms with Crippen molar-refractivity contribution < 1.29 is 4.74 Å². The van der Waals surface area contributed by atoms with Gasteiger partial charge in [0.25, 0.3) is 0 Å². The lowest BCUT2D eigenvalue weighted by atomic mass is 10.2. The Morgan fingerprint density at radius 2 is 2.35 bits per heavy atom. The molecule has 2 aromatic rings. The van der Waals surface area contributed by atoms with E-state index >= 15 is 0 Å². The molecule has 0 bridgehead atoms. The maximum absolute atomic E-state index is 5.34. The van der Waals surface area contributed by atoms with Crippen LogP contribution in [0.4, 0.5) is 0 Å². The molecule has 1 fully saturated rings. The molecular formula is C11H11BrN4O. The van der Waals surface area contributed by atoms with Crippen LogP contribution in [0.15, 0.2) is 29.1 Å². The first-order valence-electron chi connectivity index (χ1n) is 5.43. The quantitative estimate of drug-likeness (QED) is 0.851. The van der Waals surface area contributed by atoms with E-state index in [0.717, 1.165) is 35.4 Å². The second-order valence-electron chi connectivity index (χ2n) is 3.99. The van der Waals surface area contributed by atoms with Gasteiger partial charge >= 0.3 is 0 Å². The number of hydrogen-bond acceptors (Lipinski definition) is 4. The topological polar surface area (TPSA) is 52.8 Å². The second kappa shape index (κ2) is 4.54. The summed E-state index contributed by atoms with van der Waals surface area (Å²) in [6.07, 6.45) is 6.48. The van der Waals surface area contributed by atoms with Gasteiger partial charge in [-0.25, -0.2) is 4.68 Å². The minimum Gasteiger partial charge on any atom is -0.379 e. The van der Waals surface area contributed by atoms with E-state index in [9.17, 15) is 0 Å². The SMILES string of the molecule is Brc1cncc(-c2cn(C3CCOC3)nn2)c1. The van der Waals surface area contributed by atoms with E-state index < -0.39 is 0 Å². The third-order valence-corrected chi connectivity index (χ3v) is 3.22. The van der Waals surface area contributed by atoms with Crippen LogP contribution in [-0.2, 0) is 4.74 Å². The number of ether oxygens (including phenoxy) is 1. The third kappa shape index (κ3) is 2.23. The lowest BCUT2D eigenvalue weighted by molar-refractivity contribution is 0.184. The van der Waals surface area contributed by atoms with Crippen LogP contribution in [-0.4, -0.2) is 33.2 Å². The standard InChI is InChI=1S/C11H11BrN4O/c12-9-3-8(4-13-5-9)11-6-16(15-14-11)10-1-2-17-7-10/h3-6,10H,1-2,7H2. The number of aromatic nitrogens is 4. The predicted molar refractivity (Wildman–Crippen MR) is 65.4 cm³/mol. The highest BCUT2D eigenvalue weighted by Crippen LogP contribution is 2.22. The Morgan fingerprint density at radius 3 is 3.12 bits per heavy atom. The lowest BCUT2D eigenvalue weighted by Crippen LogP contribution is -2.08. The largest absolute Gasteiger partial charge is 0.379 e. The molecule has 0 aromatic carbocycles. The number of rotatable bonds is 2. The van der Waals surface area contributed by atoms with E-state index in [4.69, 9.17) is 4.74 Å². The number of hydrogen-bond donors (Lipinski definition) is 0. The Balaban J connectivity index is 1.89. The number of nitrogens with zero attached hydrogens (tertiary/aromatic N) is 4. The molecule has 0 amide bonds. The maximum atomic E-state index is 5.34. The van der Waals surface area contributed by atoms with Gasteiger partial charge < -0.3 is 4.74 Å². The highest BCUT2D eigenvalue weighted by molar-refractivity contribution is 9.10. The molecule has 1 aliphatic rings. The third-order valence-electron chi connectivity index (χ3n) is 2.79. The normalized spacial score (nSPS) is 19.7. The van der Waals surface area contributed by atoms with Crippen LogP contribution in [0.2, 0.25) is 0 Å². The zero-order valence-electron chi connectivity index (χ0n) is 9.08. The Kier molecular flexibility index (Phi) is 2.90. The van der Waals surface area contributed by atoms with Crippen molar-refractivity contribution in [2.24, 2.45) is 0 Å². The second-order valence-corrected chi connectivity index (χ2v) is 4.91. The Labute approximate surface area is 107 Å². The number of halogens is 1. The molecule has 0 radical (unpaired) electrons. The minimum atomic E-state index is 0.316. The summed E-state index contributed by atoms with van der Waals surface area (Å²) in [6.45, 7) is 1.53. The van der Waals surface area contributed by atoms with E-state index in [1.165, 1.54) is 0 Å². The molecule has 0 N–H and O–H groups in total. The van der Waals surface area contributed by atoms with Crippen LogP contribution in [0.5, 0.6) is 0 Å². The fraction of sp³-hybridized carbons (Fsp3) is 0.364. The zero-order valence-corrected chi connectivity index (χ0v) is 10.7. The molecule has 3 heterocycles. The molecule has 2 aromatic heterocycles. The Hall–Kier alpha value is -1.27. The molecule has 1 aliphatic heterocycles. The highest BCUT2D eigenvalue weighted by atomic mass is 79.9. The average molecular weight is 295 g/mol. The molecule has 1 atom stereocenters. The Morgan fingerprint density at radius 1 is 1.41 bits per heavy atom. The van der Waals surface area contributed by atoms with Crippen molar-refractivity contribution in [2.45, 2.75) is 12.5 Å². The van der Waals surface area contributed by atoms with Crippen molar-refractivity contribution in [3.63, 3.8) is 0 Å². The molecule has 5 nitrogen and oxygen atoms in total. The van der Waals surface area contributed by atoms with Crippen molar-refractivity contribution >= 4 is 15.9 Å². The van der Waals surface area contributed by atoms with Gasteiger partial charge in [0, 0.05) is 29.0 Å². The molecule has 88 valence electrons. The fourth-order valence-electron chi connectivity index (χ4n) is 1.87. The molecule has 3 rings (SSSR count). The Bertz CT molecular complexity index is 522. The smallest absolute Gasteiger partial charge is 0.114 e. The molecular weight excluding hydrogens is 284 g/mol. The van der Waals surface area contributed by atoms with Gasteiger partial charge in [-0.3, -0.25) is 4.98 Å².